The molecule has 1 atom stereocenters. The maximum Gasteiger partial charge on any atom is 0.416 e. The van der Waals surface area contributed by atoms with Crippen molar-refractivity contribution in [2.24, 2.45) is 5.92 Å². The molecule has 0 spiro atoms. The van der Waals surface area contributed by atoms with Gasteiger partial charge >= 0.3 is 6.18 Å². The van der Waals surface area contributed by atoms with Gasteiger partial charge < -0.3 is 14.8 Å². The Morgan fingerprint density at radius 3 is 2.56 bits per heavy atom. The third kappa shape index (κ3) is 6.84. The second-order valence-electron chi connectivity index (χ2n) is 6.43. The molecule has 7 heteroatoms. The predicted molar refractivity (Wildman–Crippen MR) is 94.9 cm³/mol. The van der Waals surface area contributed by atoms with E-state index in [1.165, 1.54) is 18.2 Å². The molecule has 0 aliphatic carbocycles. The summed E-state index contributed by atoms with van der Waals surface area (Å²) in [6.45, 7) is 3.64. The normalized spacial score (nSPS) is 12.8. The van der Waals surface area contributed by atoms with Crippen LogP contribution < -0.4 is 10.1 Å². The summed E-state index contributed by atoms with van der Waals surface area (Å²) < 4.78 is 62.8. The van der Waals surface area contributed by atoms with E-state index in [-0.39, 0.29) is 12.4 Å². The third-order valence-corrected chi connectivity index (χ3v) is 3.94. The van der Waals surface area contributed by atoms with Crippen molar-refractivity contribution >= 4 is 0 Å². The summed E-state index contributed by atoms with van der Waals surface area (Å²) in [4.78, 5) is 0. The lowest BCUT2D eigenvalue weighted by molar-refractivity contribution is -0.137. The van der Waals surface area contributed by atoms with Gasteiger partial charge in [-0.3, -0.25) is 0 Å². The van der Waals surface area contributed by atoms with Gasteiger partial charge in [0.1, 0.15) is 18.2 Å². The van der Waals surface area contributed by atoms with Crippen LogP contribution in [0.2, 0.25) is 0 Å². The molecule has 3 nitrogen and oxygen atoms in total. The summed E-state index contributed by atoms with van der Waals surface area (Å²) in [7, 11) is 1.63. The fraction of sp³-hybridized carbons (Fsp3) is 0.400. The average molecular weight is 385 g/mol. The Balaban J connectivity index is 1.90. The molecule has 1 N–H and O–H groups in total. The molecule has 2 aromatic rings. The first-order valence-electron chi connectivity index (χ1n) is 8.56. The molecule has 0 bridgehead atoms. The van der Waals surface area contributed by atoms with Crippen LogP contribution in [-0.2, 0) is 24.1 Å². The monoisotopic (exact) mass is 385 g/mol. The molecule has 0 radical (unpaired) electrons. The van der Waals surface area contributed by atoms with E-state index in [4.69, 9.17) is 9.47 Å². The standard InChI is InChI=1S/C20H23F4NO2/c1-14(12-26-2)10-25-11-16-6-7-18(9-19(16)21)27-13-15-4-3-5-17(8-15)20(22,23)24/h3-9,14,25H,10-13H2,1-2H3. The van der Waals surface area contributed by atoms with Crippen molar-refractivity contribution in [1.29, 1.82) is 0 Å². The van der Waals surface area contributed by atoms with Crippen LogP contribution in [0.1, 0.15) is 23.6 Å². The van der Waals surface area contributed by atoms with Gasteiger partial charge in [0.05, 0.1) is 5.56 Å². The van der Waals surface area contributed by atoms with Crippen LogP contribution in [-0.4, -0.2) is 20.3 Å². The minimum absolute atomic E-state index is 0.0739. The van der Waals surface area contributed by atoms with Crippen molar-refractivity contribution in [3.8, 4) is 5.75 Å². The fourth-order valence-corrected chi connectivity index (χ4v) is 2.56. The van der Waals surface area contributed by atoms with Crippen LogP contribution in [0, 0.1) is 11.7 Å². The van der Waals surface area contributed by atoms with E-state index in [2.05, 4.69) is 5.32 Å². The van der Waals surface area contributed by atoms with E-state index in [0.29, 0.717) is 36.7 Å². The molecule has 0 amide bonds. The van der Waals surface area contributed by atoms with E-state index < -0.39 is 17.6 Å². The Morgan fingerprint density at radius 1 is 1.11 bits per heavy atom. The topological polar surface area (TPSA) is 30.5 Å². The van der Waals surface area contributed by atoms with Gasteiger partial charge in [-0.25, -0.2) is 4.39 Å². The van der Waals surface area contributed by atoms with Crippen LogP contribution in [0.5, 0.6) is 5.75 Å². The molecule has 0 saturated heterocycles. The van der Waals surface area contributed by atoms with E-state index in [0.717, 1.165) is 12.1 Å². The van der Waals surface area contributed by atoms with E-state index >= 15 is 0 Å². The number of alkyl halides is 3. The Morgan fingerprint density at radius 2 is 1.89 bits per heavy atom. The van der Waals surface area contributed by atoms with Gasteiger partial charge in [-0.1, -0.05) is 25.1 Å². The van der Waals surface area contributed by atoms with Gasteiger partial charge in [-0.05, 0) is 29.7 Å². The number of hydrogen-bond donors (Lipinski definition) is 1. The maximum atomic E-state index is 14.2. The van der Waals surface area contributed by atoms with Crippen molar-refractivity contribution in [1.82, 2.24) is 5.32 Å². The smallest absolute Gasteiger partial charge is 0.416 e. The molecular formula is C20H23F4NO2. The Hall–Kier alpha value is -2.12. The minimum atomic E-state index is -4.41. The molecule has 27 heavy (non-hydrogen) atoms. The molecule has 0 aliphatic rings. The zero-order chi connectivity index (χ0) is 19.9. The van der Waals surface area contributed by atoms with Crippen LogP contribution >= 0.6 is 0 Å². The van der Waals surface area contributed by atoms with Gasteiger partial charge in [0.15, 0.2) is 0 Å². The van der Waals surface area contributed by atoms with Crippen molar-refractivity contribution in [2.75, 3.05) is 20.3 Å². The summed E-state index contributed by atoms with van der Waals surface area (Å²) in [5.41, 5.74) is 0.119. The Kier molecular flexibility index (Phi) is 7.62. The predicted octanol–water partition coefficient (Wildman–Crippen LogP) is 4.80. The zero-order valence-electron chi connectivity index (χ0n) is 15.3. The van der Waals surface area contributed by atoms with Gasteiger partial charge in [0.25, 0.3) is 0 Å². The molecule has 0 aliphatic heterocycles. The highest BCUT2D eigenvalue weighted by molar-refractivity contribution is 5.30. The summed E-state index contributed by atoms with van der Waals surface area (Å²) in [5.74, 6) is 0.151. The average Bonchev–Trinajstić information content (AvgIpc) is 2.61. The number of hydrogen-bond acceptors (Lipinski definition) is 3. The lowest BCUT2D eigenvalue weighted by atomic mass is 10.1. The number of nitrogens with one attached hydrogen (secondary N) is 1. The van der Waals surface area contributed by atoms with Crippen molar-refractivity contribution in [3.63, 3.8) is 0 Å². The quantitative estimate of drug-likeness (QED) is 0.630. The van der Waals surface area contributed by atoms with Crippen LogP contribution in [0.15, 0.2) is 42.5 Å². The first-order valence-corrected chi connectivity index (χ1v) is 8.56. The maximum absolute atomic E-state index is 14.2. The minimum Gasteiger partial charge on any atom is -0.489 e. The van der Waals surface area contributed by atoms with Crippen LogP contribution in [0.25, 0.3) is 0 Å². The number of methoxy groups -OCH3 is 1. The molecule has 0 aromatic heterocycles. The van der Waals surface area contributed by atoms with Gasteiger partial charge in [-0.15, -0.1) is 0 Å². The second kappa shape index (κ2) is 9.71. The highest BCUT2D eigenvalue weighted by atomic mass is 19.4. The Labute approximate surface area is 156 Å². The Bertz CT molecular complexity index is 734. The first-order chi connectivity index (χ1) is 12.8. The van der Waals surface area contributed by atoms with E-state index in [9.17, 15) is 17.6 Å². The molecular weight excluding hydrogens is 362 g/mol. The van der Waals surface area contributed by atoms with Crippen molar-refractivity contribution in [2.45, 2.75) is 26.3 Å². The summed E-state index contributed by atoms with van der Waals surface area (Å²) in [6.07, 6.45) is -4.41. The highest BCUT2D eigenvalue weighted by Crippen LogP contribution is 2.29. The van der Waals surface area contributed by atoms with Gasteiger partial charge in [0.2, 0.25) is 0 Å². The summed E-state index contributed by atoms with van der Waals surface area (Å²) in [6, 6.07) is 9.32. The molecule has 2 aromatic carbocycles. The van der Waals surface area contributed by atoms with Crippen LogP contribution in [0.4, 0.5) is 17.6 Å². The highest BCUT2D eigenvalue weighted by Gasteiger charge is 2.30. The van der Waals surface area contributed by atoms with E-state index in [1.807, 2.05) is 6.92 Å². The van der Waals surface area contributed by atoms with Crippen molar-refractivity contribution in [3.05, 3.63) is 65.0 Å². The zero-order valence-corrected chi connectivity index (χ0v) is 15.3. The lowest BCUT2D eigenvalue weighted by Crippen LogP contribution is -2.23. The number of rotatable bonds is 9. The number of ether oxygens (including phenoxy) is 2. The largest absolute Gasteiger partial charge is 0.489 e. The summed E-state index contributed by atoms with van der Waals surface area (Å²) in [5, 5.41) is 3.16. The first kappa shape index (κ1) is 21.2. The molecule has 1 unspecified atom stereocenters. The van der Waals surface area contributed by atoms with Crippen LogP contribution in [0.3, 0.4) is 0 Å². The lowest BCUT2D eigenvalue weighted by Gasteiger charge is -2.13. The molecule has 148 valence electrons. The second-order valence-corrected chi connectivity index (χ2v) is 6.43. The molecule has 2 rings (SSSR count). The van der Waals surface area contributed by atoms with E-state index in [1.54, 1.807) is 19.2 Å². The SMILES string of the molecule is COCC(C)CNCc1ccc(OCc2cccc(C(F)(F)F)c2)cc1F. The third-order valence-electron chi connectivity index (χ3n) is 3.94. The number of benzene rings is 2. The van der Waals surface area contributed by atoms with Gasteiger partial charge in [0, 0.05) is 38.4 Å². The summed E-state index contributed by atoms with van der Waals surface area (Å²) >= 11 is 0. The fourth-order valence-electron chi connectivity index (χ4n) is 2.56. The molecule has 0 fully saturated rings. The number of halogens is 4. The van der Waals surface area contributed by atoms with Gasteiger partial charge in [-0.2, -0.15) is 13.2 Å². The molecule has 0 heterocycles. The molecule has 0 saturated carbocycles. The van der Waals surface area contributed by atoms with Crippen molar-refractivity contribution < 1.29 is 27.0 Å².